The average molecular weight is 346 g/mol. The number of nitrogens with zero attached hydrogens (tertiary/aromatic N) is 1. The van der Waals surface area contributed by atoms with E-state index in [0.717, 1.165) is 0 Å². The maximum atomic E-state index is 2.63. The van der Waals surface area contributed by atoms with Gasteiger partial charge in [0.2, 0.25) is 0 Å². The fourth-order valence-corrected chi connectivity index (χ4v) is 6.97. The second-order valence-electron chi connectivity index (χ2n) is 3.88. The maximum Gasteiger partial charge on any atom is 2.00 e. The van der Waals surface area contributed by atoms with Gasteiger partial charge in [-0.1, -0.05) is 32.7 Å². The van der Waals surface area contributed by atoms with Gasteiger partial charge in [0.05, 0.1) is 8.96 Å². The molecule has 0 saturated heterocycles. The van der Waals surface area contributed by atoms with Gasteiger partial charge in [-0.15, -0.1) is 0 Å². The first-order valence-electron chi connectivity index (χ1n) is 3.58. The molecule has 0 saturated carbocycles. The van der Waals surface area contributed by atoms with Crippen molar-refractivity contribution in [3.05, 3.63) is 0 Å². The summed E-state index contributed by atoms with van der Waals surface area (Å²) < 4.78 is 2.63. The van der Waals surface area contributed by atoms with Gasteiger partial charge in [0.25, 0.3) is 0 Å². The van der Waals surface area contributed by atoms with E-state index in [1.807, 2.05) is 0 Å². The second-order valence-corrected chi connectivity index (χ2v) is 12.4. The Morgan fingerprint density at radius 3 is 1.25 bits per heavy atom. The molecule has 0 N–H and O–H groups in total. The standard InChI is InChI=1S/C6H19NSi2.2BrH.Mg/c1-7(8(2)3)9(4,5)6;;;/h8H,1-6H3;2*1H;/q;;;+2/p-2. The molecular formula is C6H19Br2MgNSi2. The number of hydrogen-bond donors (Lipinski definition) is 0. The third-order valence-corrected chi connectivity index (χ3v) is 9.37. The molecule has 6 heteroatoms. The van der Waals surface area contributed by atoms with Crippen molar-refractivity contribution in [1.82, 2.24) is 4.23 Å². The summed E-state index contributed by atoms with van der Waals surface area (Å²) in [5.41, 5.74) is 0. The Hall–Kier alpha value is 2.12. The number of rotatable bonds is 2. The Bertz CT molecular complexity index is 98.0. The molecule has 0 rings (SSSR count). The van der Waals surface area contributed by atoms with Crippen LogP contribution in [-0.4, -0.2) is 51.5 Å². The Balaban J connectivity index is -0.000000107. The Morgan fingerprint density at radius 2 is 1.25 bits per heavy atom. The van der Waals surface area contributed by atoms with E-state index in [1.54, 1.807) is 0 Å². The summed E-state index contributed by atoms with van der Waals surface area (Å²) >= 11 is 0. The van der Waals surface area contributed by atoms with Crippen LogP contribution < -0.4 is 34.0 Å². The molecule has 0 radical (unpaired) electrons. The van der Waals surface area contributed by atoms with Crippen molar-refractivity contribution in [1.29, 1.82) is 0 Å². The van der Waals surface area contributed by atoms with Crippen LogP contribution in [0, 0.1) is 0 Å². The quantitative estimate of drug-likeness (QED) is 0.455. The molecule has 0 aliphatic carbocycles. The normalized spacial score (nSPS) is 10.0. The molecule has 0 atom stereocenters. The van der Waals surface area contributed by atoms with Crippen LogP contribution in [0.2, 0.25) is 32.7 Å². The molecular weight excluding hydrogens is 326 g/mol. The summed E-state index contributed by atoms with van der Waals surface area (Å²) in [6.45, 7) is 12.0. The molecule has 0 aliphatic heterocycles. The van der Waals surface area contributed by atoms with Gasteiger partial charge in [0.1, 0.15) is 8.24 Å². The van der Waals surface area contributed by atoms with Crippen molar-refractivity contribution >= 4 is 40.2 Å². The van der Waals surface area contributed by atoms with E-state index in [9.17, 15) is 0 Å². The molecule has 0 bridgehead atoms. The minimum atomic E-state index is -0.929. The van der Waals surface area contributed by atoms with Crippen LogP contribution in [0.3, 0.4) is 0 Å². The maximum absolute atomic E-state index is 2.63. The predicted octanol–water partition coefficient (Wildman–Crippen LogP) is -4.64. The predicted molar refractivity (Wildman–Crippen MR) is 55.7 cm³/mol. The van der Waals surface area contributed by atoms with Gasteiger partial charge in [-0.25, -0.2) is 0 Å². The van der Waals surface area contributed by atoms with Gasteiger partial charge < -0.3 is 38.2 Å². The fraction of sp³-hybridized carbons (Fsp3) is 1.00. The summed E-state index contributed by atoms with van der Waals surface area (Å²) in [5, 5.41) is 0. The van der Waals surface area contributed by atoms with E-state index in [1.165, 1.54) is 0 Å². The molecule has 1 nitrogen and oxygen atoms in total. The summed E-state index contributed by atoms with van der Waals surface area (Å²) in [6, 6.07) is 0. The van der Waals surface area contributed by atoms with Gasteiger partial charge in [-0.3, -0.25) is 0 Å². The first-order chi connectivity index (χ1) is 3.85. The summed E-state index contributed by atoms with van der Waals surface area (Å²) in [4.78, 5) is 0. The van der Waals surface area contributed by atoms with E-state index in [4.69, 9.17) is 0 Å². The molecule has 0 unspecified atom stereocenters. The zero-order chi connectivity index (χ0) is 7.65. The van der Waals surface area contributed by atoms with Crippen molar-refractivity contribution in [3.8, 4) is 0 Å². The van der Waals surface area contributed by atoms with Crippen molar-refractivity contribution in [3.63, 3.8) is 0 Å². The number of hydrogen-bond acceptors (Lipinski definition) is 1. The molecule has 72 valence electrons. The second kappa shape index (κ2) is 9.67. The zero-order valence-corrected chi connectivity index (χ0v) is 15.7. The van der Waals surface area contributed by atoms with E-state index >= 15 is 0 Å². The largest absolute Gasteiger partial charge is 2.00 e. The SMILES string of the molecule is CN([SiH](C)C)[Si](C)(C)C.[Br-].[Br-].[Mg+2]. The van der Waals surface area contributed by atoms with Crippen LogP contribution in [0.1, 0.15) is 0 Å². The fourth-order valence-electron chi connectivity index (χ4n) is 0.775. The zero-order valence-electron chi connectivity index (χ0n) is 8.99. The third kappa shape index (κ3) is 10.2. The van der Waals surface area contributed by atoms with E-state index in [0.29, 0.717) is 0 Å². The summed E-state index contributed by atoms with van der Waals surface area (Å²) in [7, 11) is 0.858. The van der Waals surface area contributed by atoms with Gasteiger partial charge in [-0.2, -0.15) is 0 Å². The molecule has 0 aromatic heterocycles. The minimum Gasteiger partial charge on any atom is -1.00 e. The number of halogens is 2. The van der Waals surface area contributed by atoms with Gasteiger partial charge in [0.15, 0.2) is 0 Å². The molecule has 0 aliphatic rings. The molecule has 0 heterocycles. The Morgan fingerprint density at radius 1 is 1.00 bits per heavy atom. The average Bonchev–Trinajstić information content (AvgIpc) is 1.62. The molecule has 0 aromatic rings. The summed E-state index contributed by atoms with van der Waals surface area (Å²) in [5.74, 6) is 0. The van der Waals surface area contributed by atoms with E-state index in [-0.39, 0.29) is 57.0 Å². The molecule has 12 heavy (non-hydrogen) atoms. The first kappa shape index (κ1) is 23.7. The smallest absolute Gasteiger partial charge is 1.00 e. The minimum absolute atomic E-state index is 0. The van der Waals surface area contributed by atoms with Crippen LogP contribution in [-0.2, 0) is 0 Å². The van der Waals surface area contributed by atoms with Crippen molar-refractivity contribution in [2.24, 2.45) is 0 Å². The van der Waals surface area contributed by atoms with Crippen molar-refractivity contribution in [2.75, 3.05) is 7.05 Å². The monoisotopic (exact) mass is 343 g/mol. The Kier molecular flexibility index (Phi) is 19.1. The van der Waals surface area contributed by atoms with Crippen molar-refractivity contribution < 1.29 is 34.0 Å². The van der Waals surface area contributed by atoms with Gasteiger partial charge in [0, 0.05) is 0 Å². The topological polar surface area (TPSA) is 3.24 Å². The van der Waals surface area contributed by atoms with Crippen LogP contribution in [0.15, 0.2) is 0 Å². The molecule has 0 aromatic carbocycles. The van der Waals surface area contributed by atoms with Gasteiger partial charge in [-0.05, 0) is 7.05 Å². The molecule has 0 fully saturated rings. The van der Waals surface area contributed by atoms with Crippen LogP contribution in [0.5, 0.6) is 0 Å². The first-order valence-corrected chi connectivity index (χ1v) is 9.86. The van der Waals surface area contributed by atoms with E-state index < -0.39 is 17.2 Å². The van der Waals surface area contributed by atoms with Crippen LogP contribution >= 0.6 is 0 Å². The molecule has 0 amide bonds. The van der Waals surface area contributed by atoms with E-state index in [2.05, 4.69) is 44.0 Å². The van der Waals surface area contributed by atoms with Gasteiger partial charge >= 0.3 is 23.1 Å². The summed E-state index contributed by atoms with van der Waals surface area (Å²) in [6.07, 6.45) is 0. The molecule has 0 spiro atoms. The van der Waals surface area contributed by atoms with Crippen molar-refractivity contribution in [2.45, 2.75) is 32.7 Å². The van der Waals surface area contributed by atoms with Crippen LogP contribution in [0.25, 0.3) is 0 Å². The van der Waals surface area contributed by atoms with Crippen LogP contribution in [0.4, 0.5) is 0 Å². The third-order valence-electron chi connectivity index (χ3n) is 1.83. The Labute approximate surface area is 117 Å².